The second-order valence-electron chi connectivity index (χ2n) is 2.10. The zero-order valence-corrected chi connectivity index (χ0v) is 6.73. The number of halogens is 1. The molecule has 1 heterocycles. The van der Waals surface area contributed by atoms with Crippen molar-refractivity contribution < 1.29 is 9.59 Å². The van der Waals surface area contributed by atoms with Crippen LogP contribution in [0.3, 0.4) is 0 Å². The smallest absolute Gasteiger partial charge is 0.272 e. The summed E-state index contributed by atoms with van der Waals surface area (Å²) in [6.45, 7) is 0.206. The molecule has 0 atom stereocenters. The molecular formula is C6H6ClN3O2. The second kappa shape index (κ2) is 3.36. The van der Waals surface area contributed by atoms with E-state index >= 15 is 0 Å². The first-order valence-electron chi connectivity index (χ1n) is 3.13. The Morgan fingerprint density at radius 3 is 2.75 bits per heavy atom. The van der Waals surface area contributed by atoms with Gasteiger partial charge in [-0.3, -0.25) is 15.0 Å². The molecule has 0 aliphatic carbocycles. The van der Waals surface area contributed by atoms with Gasteiger partial charge >= 0.3 is 0 Å². The minimum absolute atomic E-state index is 0.152. The van der Waals surface area contributed by atoms with Crippen molar-refractivity contribution in [2.24, 2.45) is 0 Å². The molecule has 0 radical (unpaired) electrons. The lowest BCUT2D eigenvalue weighted by Crippen LogP contribution is -2.40. The minimum atomic E-state index is -0.886. The summed E-state index contributed by atoms with van der Waals surface area (Å²) in [5.41, 5.74) is -0.245. The number of carbonyl (C=O) groups is 2. The quantitative estimate of drug-likeness (QED) is 0.396. The summed E-state index contributed by atoms with van der Waals surface area (Å²) in [7, 11) is 0. The van der Waals surface area contributed by atoms with Crippen LogP contribution in [0.25, 0.3) is 0 Å². The molecule has 1 amide bonds. The van der Waals surface area contributed by atoms with E-state index in [1.807, 2.05) is 0 Å². The normalized spacial score (nSPS) is 15.8. The molecule has 0 saturated heterocycles. The maximum Gasteiger partial charge on any atom is 0.272 e. The van der Waals surface area contributed by atoms with E-state index in [9.17, 15) is 9.59 Å². The van der Waals surface area contributed by atoms with Gasteiger partial charge in [0.2, 0.25) is 5.91 Å². The van der Waals surface area contributed by atoms with Crippen LogP contribution in [0.5, 0.6) is 0 Å². The van der Waals surface area contributed by atoms with E-state index in [4.69, 9.17) is 17.0 Å². The molecule has 5 nitrogen and oxygen atoms in total. The molecule has 1 rings (SSSR count). The van der Waals surface area contributed by atoms with Crippen molar-refractivity contribution in [2.75, 3.05) is 6.67 Å². The zero-order valence-electron chi connectivity index (χ0n) is 5.98. The average Bonchev–Trinajstić information content (AvgIpc) is 2.03. The van der Waals surface area contributed by atoms with E-state index in [-0.39, 0.29) is 18.3 Å². The average molecular weight is 188 g/mol. The van der Waals surface area contributed by atoms with E-state index in [1.54, 1.807) is 0 Å². The van der Waals surface area contributed by atoms with Crippen molar-refractivity contribution in [3.63, 3.8) is 0 Å². The number of rotatable bonds is 2. The van der Waals surface area contributed by atoms with Gasteiger partial charge in [-0.15, -0.1) is 0 Å². The predicted molar refractivity (Wildman–Crippen MR) is 42.8 cm³/mol. The summed E-state index contributed by atoms with van der Waals surface area (Å²) in [5.74, 6) is -0.341. The van der Waals surface area contributed by atoms with Gasteiger partial charge in [-0.05, 0) is 11.6 Å². The van der Waals surface area contributed by atoms with Crippen LogP contribution in [-0.4, -0.2) is 23.5 Å². The van der Waals surface area contributed by atoms with Crippen molar-refractivity contribution in [1.82, 2.24) is 10.6 Å². The fraction of sp³-hybridized carbons (Fsp3) is 0.167. The molecule has 0 aromatic rings. The van der Waals surface area contributed by atoms with Crippen LogP contribution in [0.1, 0.15) is 0 Å². The highest BCUT2D eigenvalue weighted by atomic mass is 35.5. The fourth-order valence-corrected chi connectivity index (χ4v) is 0.828. The number of amides is 1. The molecule has 1 aliphatic heterocycles. The monoisotopic (exact) mass is 187 g/mol. The standard InChI is InChI=1S/C6H6ClN3O2/c7-6(12)5(8)3-1-4(11)10-2-9-3/h1,8-9H,2H2,(H,10,11). The molecule has 0 fully saturated rings. The molecule has 0 saturated carbocycles. The molecule has 1 aliphatic rings. The molecule has 12 heavy (non-hydrogen) atoms. The summed E-state index contributed by atoms with van der Waals surface area (Å²) in [5, 5.41) is 11.3. The van der Waals surface area contributed by atoms with Crippen molar-refractivity contribution in [3.05, 3.63) is 11.8 Å². The first kappa shape index (κ1) is 8.73. The SMILES string of the molecule is N=C(C(=O)Cl)C1=CC(=O)NCN1. The van der Waals surface area contributed by atoms with Crippen LogP contribution in [0.2, 0.25) is 0 Å². The Balaban J connectivity index is 2.81. The third-order valence-corrected chi connectivity index (χ3v) is 1.47. The van der Waals surface area contributed by atoms with Crippen LogP contribution in [0.15, 0.2) is 11.8 Å². The Morgan fingerprint density at radius 2 is 2.25 bits per heavy atom. The van der Waals surface area contributed by atoms with Gasteiger partial charge in [0.25, 0.3) is 5.24 Å². The van der Waals surface area contributed by atoms with Crippen molar-refractivity contribution in [3.8, 4) is 0 Å². The highest BCUT2D eigenvalue weighted by Gasteiger charge is 2.16. The van der Waals surface area contributed by atoms with E-state index in [2.05, 4.69) is 10.6 Å². The first-order chi connectivity index (χ1) is 5.61. The van der Waals surface area contributed by atoms with Crippen molar-refractivity contribution in [2.45, 2.75) is 0 Å². The van der Waals surface area contributed by atoms with Gasteiger partial charge in [-0.2, -0.15) is 0 Å². The summed E-state index contributed by atoms with van der Waals surface area (Å²) >= 11 is 5.03. The largest absolute Gasteiger partial charge is 0.366 e. The molecule has 0 bridgehead atoms. The van der Waals surface area contributed by atoms with Crippen LogP contribution in [0, 0.1) is 5.41 Å². The lowest BCUT2D eigenvalue weighted by Gasteiger charge is -2.14. The molecule has 0 aromatic heterocycles. The van der Waals surface area contributed by atoms with E-state index in [1.165, 1.54) is 0 Å². The maximum atomic E-state index is 10.7. The van der Waals surface area contributed by atoms with Crippen LogP contribution >= 0.6 is 11.6 Å². The fourth-order valence-electron chi connectivity index (χ4n) is 0.726. The molecule has 3 N–H and O–H groups in total. The van der Waals surface area contributed by atoms with Crippen LogP contribution in [-0.2, 0) is 9.59 Å². The zero-order chi connectivity index (χ0) is 9.14. The summed E-state index contributed by atoms with van der Waals surface area (Å²) in [4.78, 5) is 21.2. The van der Waals surface area contributed by atoms with Gasteiger partial charge < -0.3 is 10.6 Å². The van der Waals surface area contributed by atoms with Gasteiger partial charge in [0.15, 0.2) is 0 Å². The molecule has 64 valence electrons. The summed E-state index contributed by atoms with van der Waals surface area (Å²) < 4.78 is 0. The van der Waals surface area contributed by atoms with Crippen LogP contribution in [0.4, 0.5) is 0 Å². The highest BCUT2D eigenvalue weighted by molar-refractivity contribution is 6.83. The molecule has 0 unspecified atom stereocenters. The van der Waals surface area contributed by atoms with Gasteiger partial charge in [0.1, 0.15) is 5.71 Å². The number of hydrogen-bond donors (Lipinski definition) is 3. The van der Waals surface area contributed by atoms with Crippen LogP contribution < -0.4 is 10.6 Å². The highest BCUT2D eigenvalue weighted by Crippen LogP contribution is 1.98. The van der Waals surface area contributed by atoms with Gasteiger partial charge in [0.05, 0.1) is 12.4 Å². The number of carbonyl (C=O) groups excluding carboxylic acids is 2. The second-order valence-corrected chi connectivity index (χ2v) is 2.44. The molecule has 6 heteroatoms. The Bertz CT molecular complexity index is 285. The first-order valence-corrected chi connectivity index (χ1v) is 3.51. The number of nitrogens with one attached hydrogen (secondary N) is 3. The Kier molecular flexibility index (Phi) is 2.44. The predicted octanol–water partition coefficient (Wildman–Crippen LogP) is -0.668. The van der Waals surface area contributed by atoms with Crippen molar-refractivity contribution >= 4 is 28.5 Å². The minimum Gasteiger partial charge on any atom is -0.366 e. The Labute approximate surface area is 73.3 Å². The third kappa shape index (κ3) is 1.82. The third-order valence-electron chi connectivity index (χ3n) is 1.28. The van der Waals surface area contributed by atoms with Gasteiger partial charge in [-0.25, -0.2) is 0 Å². The Morgan fingerprint density at radius 1 is 1.58 bits per heavy atom. The van der Waals surface area contributed by atoms with Gasteiger partial charge in [0, 0.05) is 6.08 Å². The number of hydrogen-bond acceptors (Lipinski definition) is 4. The maximum absolute atomic E-state index is 10.7. The van der Waals surface area contributed by atoms with E-state index < -0.39 is 11.0 Å². The molecule has 0 aromatic carbocycles. The lowest BCUT2D eigenvalue weighted by molar-refractivity contribution is -0.116. The van der Waals surface area contributed by atoms with E-state index in [0.717, 1.165) is 6.08 Å². The topological polar surface area (TPSA) is 82.0 Å². The van der Waals surface area contributed by atoms with Crippen molar-refractivity contribution in [1.29, 1.82) is 5.41 Å². The summed E-state index contributed by atoms with van der Waals surface area (Å²) in [6, 6.07) is 0. The van der Waals surface area contributed by atoms with Gasteiger partial charge in [-0.1, -0.05) is 0 Å². The molecular weight excluding hydrogens is 182 g/mol. The number of allylic oxidation sites excluding steroid dienone is 1. The van der Waals surface area contributed by atoms with E-state index in [0.29, 0.717) is 0 Å². The lowest BCUT2D eigenvalue weighted by atomic mass is 10.2. The molecule has 0 spiro atoms. The Hall–Kier alpha value is -1.36. The summed E-state index contributed by atoms with van der Waals surface area (Å²) in [6.07, 6.45) is 1.12.